The maximum absolute atomic E-state index is 11.5. The Bertz CT molecular complexity index is 186. The van der Waals surface area contributed by atoms with Crippen molar-refractivity contribution in [3.05, 3.63) is 0 Å². The molecule has 2 atom stereocenters. The van der Waals surface area contributed by atoms with E-state index >= 15 is 0 Å². The summed E-state index contributed by atoms with van der Waals surface area (Å²) >= 11 is 1.73. The first-order chi connectivity index (χ1) is 6.15. The van der Waals surface area contributed by atoms with Crippen LogP contribution in [0.3, 0.4) is 0 Å². The average Bonchev–Trinajstić information content (AvgIpc) is 2.11. The van der Waals surface area contributed by atoms with Crippen molar-refractivity contribution in [2.24, 2.45) is 11.7 Å². The highest BCUT2D eigenvalue weighted by atomic mass is 32.2. The Morgan fingerprint density at radius 1 is 1.77 bits per heavy atom. The van der Waals surface area contributed by atoms with E-state index in [0.717, 1.165) is 12.3 Å². The minimum atomic E-state index is 0.268. The van der Waals surface area contributed by atoms with Crippen molar-refractivity contribution in [1.29, 1.82) is 0 Å². The van der Waals surface area contributed by atoms with Gasteiger partial charge in [-0.15, -0.1) is 11.8 Å². The predicted molar refractivity (Wildman–Crippen MR) is 56.7 cm³/mol. The van der Waals surface area contributed by atoms with Crippen LogP contribution in [0.1, 0.15) is 13.8 Å². The van der Waals surface area contributed by atoms with Gasteiger partial charge < -0.3 is 10.6 Å². The maximum Gasteiger partial charge on any atom is 0.232 e. The summed E-state index contributed by atoms with van der Waals surface area (Å²) in [6, 6.07) is 0.375. The summed E-state index contributed by atoms with van der Waals surface area (Å²) in [6.45, 7) is 5.66. The number of carbonyl (C=O) groups is 1. The molecule has 1 heterocycles. The minimum Gasteiger partial charge on any atom is -0.338 e. The molecule has 0 bridgehead atoms. The van der Waals surface area contributed by atoms with Gasteiger partial charge in [-0.3, -0.25) is 4.79 Å². The fourth-order valence-electron chi connectivity index (χ4n) is 1.43. The van der Waals surface area contributed by atoms with Gasteiger partial charge in [0.25, 0.3) is 0 Å². The Morgan fingerprint density at radius 2 is 2.46 bits per heavy atom. The van der Waals surface area contributed by atoms with Crippen LogP contribution in [0.2, 0.25) is 0 Å². The molecular weight excluding hydrogens is 184 g/mol. The van der Waals surface area contributed by atoms with Crippen LogP contribution in [0.5, 0.6) is 0 Å². The van der Waals surface area contributed by atoms with Crippen LogP contribution in [0.25, 0.3) is 0 Å². The Labute approximate surface area is 84.0 Å². The van der Waals surface area contributed by atoms with Gasteiger partial charge in [0.2, 0.25) is 5.91 Å². The number of hydrogen-bond acceptors (Lipinski definition) is 3. The van der Waals surface area contributed by atoms with Gasteiger partial charge in [0.05, 0.1) is 5.75 Å². The van der Waals surface area contributed by atoms with Gasteiger partial charge >= 0.3 is 0 Å². The van der Waals surface area contributed by atoms with Crippen molar-refractivity contribution in [2.75, 3.05) is 24.6 Å². The van der Waals surface area contributed by atoms with Crippen LogP contribution in [0.4, 0.5) is 0 Å². The molecule has 2 unspecified atom stereocenters. The minimum absolute atomic E-state index is 0.268. The standard InChI is InChI=1S/C9H18N2OS/c1-7(3-10)4-11-8(2)5-13-6-9(11)12/h7-8H,3-6,10H2,1-2H3. The Hall–Kier alpha value is -0.220. The van der Waals surface area contributed by atoms with Gasteiger partial charge in [0.15, 0.2) is 0 Å². The second kappa shape index (κ2) is 4.86. The maximum atomic E-state index is 11.5. The van der Waals surface area contributed by atoms with Crippen LogP contribution in [-0.4, -0.2) is 41.4 Å². The lowest BCUT2D eigenvalue weighted by Gasteiger charge is -2.34. The normalized spacial score (nSPS) is 26.2. The van der Waals surface area contributed by atoms with E-state index in [1.54, 1.807) is 11.8 Å². The van der Waals surface area contributed by atoms with E-state index in [1.165, 1.54) is 0 Å². The molecule has 0 radical (unpaired) electrons. The van der Waals surface area contributed by atoms with E-state index in [1.807, 2.05) is 4.90 Å². The summed E-state index contributed by atoms with van der Waals surface area (Å²) in [5.74, 6) is 2.38. The van der Waals surface area contributed by atoms with Gasteiger partial charge in [-0.05, 0) is 19.4 Å². The van der Waals surface area contributed by atoms with Crippen LogP contribution in [0, 0.1) is 5.92 Å². The van der Waals surface area contributed by atoms with Crippen molar-refractivity contribution in [3.8, 4) is 0 Å². The third kappa shape index (κ3) is 2.88. The van der Waals surface area contributed by atoms with Crippen LogP contribution in [0.15, 0.2) is 0 Å². The smallest absolute Gasteiger partial charge is 0.232 e. The lowest BCUT2D eigenvalue weighted by atomic mass is 10.1. The molecule has 0 aliphatic carbocycles. The molecule has 1 aliphatic heterocycles. The number of nitrogens with two attached hydrogens (primary N) is 1. The number of carbonyl (C=O) groups excluding carboxylic acids is 1. The summed E-state index contributed by atoms with van der Waals surface area (Å²) in [5, 5.41) is 0. The fraction of sp³-hybridized carbons (Fsp3) is 0.889. The van der Waals surface area contributed by atoms with Crippen LogP contribution < -0.4 is 5.73 Å². The predicted octanol–water partition coefficient (Wildman–Crippen LogP) is 0.545. The molecule has 2 N–H and O–H groups in total. The van der Waals surface area contributed by atoms with Crippen molar-refractivity contribution < 1.29 is 4.79 Å². The second-order valence-corrected chi connectivity index (χ2v) is 4.78. The van der Waals surface area contributed by atoms with E-state index in [9.17, 15) is 4.79 Å². The molecule has 1 saturated heterocycles. The monoisotopic (exact) mass is 202 g/mol. The first-order valence-electron chi connectivity index (χ1n) is 4.72. The van der Waals surface area contributed by atoms with Crippen molar-refractivity contribution in [3.63, 3.8) is 0 Å². The Kier molecular flexibility index (Phi) is 4.06. The average molecular weight is 202 g/mol. The third-order valence-electron chi connectivity index (χ3n) is 2.35. The zero-order valence-corrected chi connectivity index (χ0v) is 9.14. The molecule has 4 heteroatoms. The molecule has 1 amide bonds. The Balaban J connectivity index is 2.48. The molecule has 1 fully saturated rings. The van der Waals surface area contributed by atoms with Crippen LogP contribution in [-0.2, 0) is 4.79 Å². The third-order valence-corrected chi connectivity index (χ3v) is 3.52. The largest absolute Gasteiger partial charge is 0.338 e. The molecule has 1 rings (SSSR count). The highest BCUT2D eigenvalue weighted by molar-refractivity contribution is 8.00. The van der Waals surface area contributed by atoms with Gasteiger partial charge in [0.1, 0.15) is 0 Å². The van der Waals surface area contributed by atoms with Gasteiger partial charge in [0, 0.05) is 18.3 Å². The van der Waals surface area contributed by atoms with E-state index in [-0.39, 0.29) is 5.91 Å². The van der Waals surface area contributed by atoms with Crippen molar-refractivity contribution >= 4 is 17.7 Å². The van der Waals surface area contributed by atoms with E-state index in [0.29, 0.717) is 24.3 Å². The van der Waals surface area contributed by atoms with E-state index in [4.69, 9.17) is 5.73 Å². The second-order valence-electron chi connectivity index (χ2n) is 3.75. The molecule has 13 heavy (non-hydrogen) atoms. The SMILES string of the molecule is CC(CN)CN1C(=O)CSCC1C. The van der Waals surface area contributed by atoms with Gasteiger partial charge in [-0.25, -0.2) is 0 Å². The molecular formula is C9H18N2OS. The molecule has 3 nitrogen and oxygen atoms in total. The summed E-state index contributed by atoms with van der Waals surface area (Å²) in [5.41, 5.74) is 5.54. The number of thioether (sulfide) groups is 1. The molecule has 0 saturated carbocycles. The van der Waals surface area contributed by atoms with E-state index < -0.39 is 0 Å². The quantitative estimate of drug-likeness (QED) is 0.727. The number of rotatable bonds is 3. The molecule has 76 valence electrons. The number of hydrogen-bond donors (Lipinski definition) is 1. The lowest BCUT2D eigenvalue weighted by Crippen LogP contribution is -2.47. The fourth-order valence-corrected chi connectivity index (χ4v) is 2.41. The zero-order chi connectivity index (χ0) is 9.84. The lowest BCUT2D eigenvalue weighted by molar-refractivity contribution is -0.130. The summed E-state index contributed by atoms with van der Waals surface area (Å²) < 4.78 is 0. The molecule has 0 aromatic rings. The van der Waals surface area contributed by atoms with Crippen molar-refractivity contribution in [1.82, 2.24) is 4.90 Å². The highest BCUT2D eigenvalue weighted by Gasteiger charge is 2.25. The van der Waals surface area contributed by atoms with Crippen LogP contribution >= 0.6 is 11.8 Å². The highest BCUT2D eigenvalue weighted by Crippen LogP contribution is 2.18. The zero-order valence-electron chi connectivity index (χ0n) is 8.32. The molecule has 0 aromatic heterocycles. The molecule has 0 spiro atoms. The van der Waals surface area contributed by atoms with Crippen molar-refractivity contribution in [2.45, 2.75) is 19.9 Å². The molecule has 1 aliphatic rings. The summed E-state index contributed by atoms with van der Waals surface area (Å²) in [4.78, 5) is 13.5. The Morgan fingerprint density at radius 3 is 3.00 bits per heavy atom. The number of amides is 1. The molecule has 0 aromatic carbocycles. The van der Waals surface area contributed by atoms with Gasteiger partial charge in [-0.2, -0.15) is 0 Å². The summed E-state index contributed by atoms with van der Waals surface area (Å²) in [7, 11) is 0. The topological polar surface area (TPSA) is 46.3 Å². The first kappa shape index (κ1) is 10.9. The first-order valence-corrected chi connectivity index (χ1v) is 5.88. The van der Waals surface area contributed by atoms with Gasteiger partial charge in [-0.1, -0.05) is 6.92 Å². The number of nitrogens with zero attached hydrogens (tertiary/aromatic N) is 1. The van der Waals surface area contributed by atoms with E-state index in [2.05, 4.69) is 13.8 Å². The summed E-state index contributed by atoms with van der Waals surface area (Å²) in [6.07, 6.45) is 0.